The van der Waals surface area contributed by atoms with Crippen LogP contribution in [0, 0.1) is 11.3 Å². The van der Waals surface area contributed by atoms with Crippen LogP contribution < -0.4 is 5.73 Å². The molecule has 0 rings (SSSR count). The summed E-state index contributed by atoms with van der Waals surface area (Å²) in [6.45, 7) is 7.43. The number of hydrogen-bond donors (Lipinski definition) is 2. The summed E-state index contributed by atoms with van der Waals surface area (Å²) in [6, 6.07) is 0. The van der Waals surface area contributed by atoms with Crippen LogP contribution in [0.25, 0.3) is 0 Å². The molecule has 0 spiro atoms. The van der Waals surface area contributed by atoms with Gasteiger partial charge in [0.1, 0.15) is 0 Å². The first kappa shape index (κ1) is 16.9. The Labute approximate surface area is 108 Å². The van der Waals surface area contributed by atoms with Gasteiger partial charge in [-0.15, -0.1) is 0 Å². The molecule has 0 aliphatic rings. The summed E-state index contributed by atoms with van der Waals surface area (Å²) in [5.74, 6) is 0.470. The average Bonchev–Trinajstić information content (AvgIpc) is 2.33. The van der Waals surface area contributed by atoms with Gasteiger partial charge in [-0.25, -0.2) is 0 Å². The predicted molar refractivity (Wildman–Crippen MR) is 76.0 cm³/mol. The van der Waals surface area contributed by atoms with Crippen LogP contribution in [-0.2, 0) is 0 Å². The smallest absolute Gasteiger partial charge is 0.0501 e. The van der Waals surface area contributed by atoms with Gasteiger partial charge in [0.2, 0.25) is 0 Å². The first-order chi connectivity index (χ1) is 8.13. The van der Waals surface area contributed by atoms with E-state index in [1.54, 1.807) is 0 Å². The quantitative estimate of drug-likeness (QED) is 0.543. The van der Waals surface area contributed by atoms with Crippen molar-refractivity contribution in [2.75, 3.05) is 13.2 Å². The molecule has 0 aromatic heterocycles. The maximum absolute atomic E-state index is 9.54. The van der Waals surface area contributed by atoms with Gasteiger partial charge >= 0.3 is 0 Å². The lowest BCUT2D eigenvalue weighted by atomic mass is 9.74. The lowest BCUT2D eigenvalue weighted by Crippen LogP contribution is -2.39. The molecule has 0 heterocycles. The van der Waals surface area contributed by atoms with Crippen molar-refractivity contribution in [3.63, 3.8) is 0 Å². The van der Waals surface area contributed by atoms with Crippen molar-refractivity contribution in [3.05, 3.63) is 0 Å². The van der Waals surface area contributed by atoms with E-state index in [9.17, 15) is 5.11 Å². The monoisotopic (exact) mass is 243 g/mol. The number of nitrogens with two attached hydrogens (primary N) is 1. The molecule has 0 aromatic carbocycles. The zero-order valence-electron chi connectivity index (χ0n) is 12.2. The Bertz CT molecular complexity index is 164. The maximum atomic E-state index is 9.54. The highest BCUT2D eigenvalue weighted by Crippen LogP contribution is 2.32. The molecule has 2 nitrogen and oxygen atoms in total. The SMILES string of the molecule is CCCCCCCCCC(CN)(CO)C(C)C. The summed E-state index contributed by atoms with van der Waals surface area (Å²) >= 11 is 0. The van der Waals surface area contributed by atoms with Gasteiger partial charge < -0.3 is 10.8 Å². The summed E-state index contributed by atoms with van der Waals surface area (Å²) in [6.07, 6.45) is 10.3. The molecule has 0 aromatic rings. The third-order valence-corrected chi connectivity index (χ3v) is 4.22. The molecule has 0 saturated heterocycles. The van der Waals surface area contributed by atoms with Gasteiger partial charge in [-0.2, -0.15) is 0 Å². The topological polar surface area (TPSA) is 46.2 Å². The van der Waals surface area contributed by atoms with Gasteiger partial charge in [0, 0.05) is 12.0 Å². The normalized spacial score (nSPS) is 15.2. The second-order valence-electron chi connectivity index (χ2n) is 5.75. The number of aliphatic hydroxyl groups is 1. The van der Waals surface area contributed by atoms with E-state index in [2.05, 4.69) is 20.8 Å². The van der Waals surface area contributed by atoms with Crippen LogP contribution >= 0.6 is 0 Å². The number of unbranched alkanes of at least 4 members (excludes halogenated alkanes) is 6. The van der Waals surface area contributed by atoms with E-state index < -0.39 is 0 Å². The van der Waals surface area contributed by atoms with E-state index in [0.717, 1.165) is 6.42 Å². The molecule has 0 bridgehead atoms. The van der Waals surface area contributed by atoms with Gasteiger partial charge in [-0.3, -0.25) is 0 Å². The van der Waals surface area contributed by atoms with Crippen LogP contribution in [0.2, 0.25) is 0 Å². The number of rotatable bonds is 11. The van der Waals surface area contributed by atoms with Crippen molar-refractivity contribution in [1.82, 2.24) is 0 Å². The molecule has 1 atom stereocenters. The third kappa shape index (κ3) is 6.42. The summed E-state index contributed by atoms with van der Waals surface area (Å²) < 4.78 is 0. The Morgan fingerprint density at radius 3 is 1.94 bits per heavy atom. The molecule has 0 radical (unpaired) electrons. The first-order valence-corrected chi connectivity index (χ1v) is 7.44. The molecular weight excluding hydrogens is 210 g/mol. The lowest BCUT2D eigenvalue weighted by molar-refractivity contribution is 0.0722. The Hall–Kier alpha value is -0.0800. The molecule has 0 aliphatic carbocycles. The van der Waals surface area contributed by atoms with Crippen LogP contribution in [0.1, 0.15) is 72.1 Å². The van der Waals surface area contributed by atoms with E-state index in [0.29, 0.717) is 12.5 Å². The first-order valence-electron chi connectivity index (χ1n) is 7.44. The molecule has 2 heteroatoms. The molecule has 3 N–H and O–H groups in total. The molecule has 17 heavy (non-hydrogen) atoms. The molecule has 1 unspecified atom stereocenters. The lowest BCUT2D eigenvalue weighted by Gasteiger charge is -2.34. The Balaban J connectivity index is 3.69. The summed E-state index contributed by atoms with van der Waals surface area (Å²) in [5.41, 5.74) is 5.80. The molecule has 0 aliphatic heterocycles. The van der Waals surface area contributed by atoms with E-state index in [-0.39, 0.29) is 12.0 Å². The predicted octanol–water partition coefficient (Wildman–Crippen LogP) is 3.72. The molecule has 0 amide bonds. The minimum atomic E-state index is -0.0383. The third-order valence-electron chi connectivity index (χ3n) is 4.22. The second-order valence-corrected chi connectivity index (χ2v) is 5.75. The summed E-state index contributed by atoms with van der Waals surface area (Å²) in [4.78, 5) is 0. The van der Waals surface area contributed by atoms with Crippen molar-refractivity contribution in [2.24, 2.45) is 17.1 Å². The van der Waals surface area contributed by atoms with Crippen molar-refractivity contribution < 1.29 is 5.11 Å². The van der Waals surface area contributed by atoms with Crippen molar-refractivity contribution in [2.45, 2.75) is 72.1 Å². The standard InChI is InChI=1S/C15H33NO/c1-4-5-6-7-8-9-10-11-15(12-16,13-17)14(2)3/h14,17H,4-13,16H2,1-3H3. The second kappa shape index (κ2) is 9.90. The minimum absolute atomic E-state index is 0.0383. The van der Waals surface area contributed by atoms with Crippen LogP contribution in [0.4, 0.5) is 0 Å². The van der Waals surface area contributed by atoms with E-state index in [1.165, 1.54) is 44.9 Å². The van der Waals surface area contributed by atoms with E-state index in [1.807, 2.05) is 0 Å². The van der Waals surface area contributed by atoms with Gasteiger partial charge in [0.15, 0.2) is 0 Å². The van der Waals surface area contributed by atoms with Gasteiger partial charge in [-0.1, -0.05) is 65.7 Å². The van der Waals surface area contributed by atoms with Crippen LogP contribution in [0.3, 0.4) is 0 Å². The van der Waals surface area contributed by atoms with Gasteiger partial charge in [0.05, 0.1) is 6.61 Å². The average molecular weight is 243 g/mol. The highest BCUT2D eigenvalue weighted by atomic mass is 16.3. The molecule has 0 saturated carbocycles. The highest BCUT2D eigenvalue weighted by molar-refractivity contribution is 4.82. The van der Waals surface area contributed by atoms with Crippen LogP contribution in [0.15, 0.2) is 0 Å². The molecule has 0 fully saturated rings. The Kier molecular flexibility index (Phi) is 9.85. The van der Waals surface area contributed by atoms with Crippen LogP contribution in [-0.4, -0.2) is 18.3 Å². The molecular formula is C15H33NO. The van der Waals surface area contributed by atoms with Crippen molar-refractivity contribution in [1.29, 1.82) is 0 Å². The highest BCUT2D eigenvalue weighted by Gasteiger charge is 2.30. The Morgan fingerprint density at radius 2 is 1.53 bits per heavy atom. The minimum Gasteiger partial charge on any atom is -0.396 e. The fourth-order valence-corrected chi connectivity index (χ4v) is 2.39. The van der Waals surface area contributed by atoms with Crippen molar-refractivity contribution in [3.8, 4) is 0 Å². The van der Waals surface area contributed by atoms with Crippen molar-refractivity contribution >= 4 is 0 Å². The number of aliphatic hydroxyl groups excluding tert-OH is 1. The van der Waals surface area contributed by atoms with Crippen LogP contribution in [0.5, 0.6) is 0 Å². The zero-order chi connectivity index (χ0) is 13.1. The fourth-order valence-electron chi connectivity index (χ4n) is 2.39. The molecule has 104 valence electrons. The summed E-state index contributed by atoms with van der Waals surface area (Å²) in [5, 5.41) is 9.54. The zero-order valence-corrected chi connectivity index (χ0v) is 12.2. The van der Waals surface area contributed by atoms with E-state index >= 15 is 0 Å². The van der Waals surface area contributed by atoms with E-state index in [4.69, 9.17) is 5.73 Å². The van der Waals surface area contributed by atoms with Gasteiger partial charge in [0.25, 0.3) is 0 Å². The Morgan fingerprint density at radius 1 is 1.00 bits per heavy atom. The fraction of sp³-hybridized carbons (Fsp3) is 1.00. The maximum Gasteiger partial charge on any atom is 0.0501 e. The largest absolute Gasteiger partial charge is 0.396 e. The number of hydrogen-bond acceptors (Lipinski definition) is 2. The van der Waals surface area contributed by atoms with Gasteiger partial charge in [-0.05, 0) is 12.3 Å². The summed E-state index contributed by atoms with van der Waals surface area (Å²) in [7, 11) is 0.